The van der Waals surface area contributed by atoms with Gasteiger partial charge in [0.25, 0.3) is 0 Å². The van der Waals surface area contributed by atoms with Crippen molar-refractivity contribution in [2.45, 2.75) is 67.3 Å². The standard InChI is InChI=1S/C19H33N/c1-14(2)19(8,13-20-18(5,6)7)12-17-11-15(3)9-10-16(17)4/h9-11,14,20H,12-13H2,1-8H3. The molecule has 0 bridgehead atoms. The molecule has 114 valence electrons. The molecule has 1 atom stereocenters. The van der Waals surface area contributed by atoms with Gasteiger partial charge in [0.05, 0.1) is 0 Å². The predicted octanol–water partition coefficient (Wildman–Crippen LogP) is 4.90. The normalized spacial score (nSPS) is 15.4. The van der Waals surface area contributed by atoms with E-state index in [1.165, 1.54) is 16.7 Å². The Morgan fingerprint density at radius 2 is 1.65 bits per heavy atom. The SMILES string of the molecule is Cc1ccc(C)c(CC(C)(CNC(C)(C)C)C(C)C)c1. The Balaban J connectivity index is 2.93. The van der Waals surface area contributed by atoms with Gasteiger partial charge in [-0.25, -0.2) is 0 Å². The van der Waals surface area contributed by atoms with Crippen molar-refractivity contribution in [1.82, 2.24) is 5.32 Å². The van der Waals surface area contributed by atoms with Crippen LogP contribution in [-0.2, 0) is 6.42 Å². The molecule has 0 aliphatic carbocycles. The van der Waals surface area contributed by atoms with E-state index in [-0.39, 0.29) is 11.0 Å². The lowest BCUT2D eigenvalue weighted by Gasteiger charge is -2.37. The lowest BCUT2D eigenvalue weighted by molar-refractivity contribution is 0.187. The first kappa shape index (κ1) is 17.2. The van der Waals surface area contributed by atoms with Gasteiger partial charge in [0.1, 0.15) is 0 Å². The van der Waals surface area contributed by atoms with Gasteiger partial charge >= 0.3 is 0 Å². The van der Waals surface area contributed by atoms with Crippen molar-refractivity contribution in [3.05, 3.63) is 34.9 Å². The van der Waals surface area contributed by atoms with Crippen LogP contribution in [-0.4, -0.2) is 12.1 Å². The molecule has 1 aromatic rings. The number of aryl methyl sites for hydroxylation is 2. The Labute approximate surface area is 126 Å². The fourth-order valence-corrected chi connectivity index (χ4v) is 2.36. The van der Waals surface area contributed by atoms with E-state index >= 15 is 0 Å². The van der Waals surface area contributed by atoms with E-state index in [9.17, 15) is 0 Å². The summed E-state index contributed by atoms with van der Waals surface area (Å²) < 4.78 is 0. The highest BCUT2D eigenvalue weighted by atomic mass is 15.0. The van der Waals surface area contributed by atoms with Crippen LogP contribution in [0.15, 0.2) is 18.2 Å². The largest absolute Gasteiger partial charge is 0.312 e. The number of hydrogen-bond donors (Lipinski definition) is 1. The van der Waals surface area contributed by atoms with Gasteiger partial charge in [-0.15, -0.1) is 0 Å². The van der Waals surface area contributed by atoms with Crippen LogP contribution in [0.3, 0.4) is 0 Å². The maximum absolute atomic E-state index is 3.70. The van der Waals surface area contributed by atoms with Gasteiger partial charge in [0.15, 0.2) is 0 Å². The molecule has 0 aromatic heterocycles. The summed E-state index contributed by atoms with van der Waals surface area (Å²) in [5.74, 6) is 0.650. The molecule has 0 aliphatic rings. The molecule has 1 unspecified atom stereocenters. The van der Waals surface area contributed by atoms with Crippen LogP contribution < -0.4 is 5.32 Å². The third-order valence-corrected chi connectivity index (χ3v) is 4.52. The molecule has 0 spiro atoms. The molecule has 1 heteroatoms. The first-order valence-electron chi connectivity index (χ1n) is 7.85. The molecule has 0 aliphatic heterocycles. The molecule has 0 heterocycles. The number of rotatable bonds is 5. The van der Waals surface area contributed by atoms with E-state index in [4.69, 9.17) is 0 Å². The second-order valence-corrected chi connectivity index (χ2v) is 8.02. The summed E-state index contributed by atoms with van der Waals surface area (Å²) in [6, 6.07) is 6.81. The van der Waals surface area contributed by atoms with E-state index in [0.29, 0.717) is 5.92 Å². The molecule has 1 aromatic carbocycles. The summed E-state index contributed by atoms with van der Waals surface area (Å²) in [6.45, 7) is 19.3. The molecular weight excluding hydrogens is 242 g/mol. The molecule has 1 nitrogen and oxygen atoms in total. The summed E-state index contributed by atoms with van der Waals surface area (Å²) in [6.07, 6.45) is 1.14. The fourth-order valence-electron chi connectivity index (χ4n) is 2.36. The second-order valence-electron chi connectivity index (χ2n) is 8.02. The molecule has 0 saturated carbocycles. The van der Waals surface area contributed by atoms with Crippen LogP contribution in [0.5, 0.6) is 0 Å². The van der Waals surface area contributed by atoms with Crippen molar-refractivity contribution >= 4 is 0 Å². The molecule has 0 saturated heterocycles. The van der Waals surface area contributed by atoms with E-state index < -0.39 is 0 Å². The predicted molar refractivity (Wildman–Crippen MR) is 90.3 cm³/mol. The highest BCUT2D eigenvalue weighted by molar-refractivity contribution is 5.31. The minimum atomic E-state index is 0.178. The van der Waals surface area contributed by atoms with Crippen LogP contribution >= 0.6 is 0 Å². The minimum absolute atomic E-state index is 0.178. The Hall–Kier alpha value is -0.820. The summed E-state index contributed by atoms with van der Waals surface area (Å²) in [5, 5.41) is 3.70. The van der Waals surface area contributed by atoms with Gasteiger partial charge in [0, 0.05) is 12.1 Å². The molecule has 0 fully saturated rings. The summed E-state index contributed by atoms with van der Waals surface area (Å²) in [5.41, 5.74) is 4.74. The topological polar surface area (TPSA) is 12.0 Å². The van der Waals surface area contributed by atoms with E-state index in [1.807, 2.05) is 0 Å². The Kier molecular flexibility index (Phi) is 5.43. The summed E-state index contributed by atoms with van der Waals surface area (Å²) in [7, 11) is 0. The average Bonchev–Trinajstić information content (AvgIpc) is 2.30. The van der Waals surface area contributed by atoms with Crippen LogP contribution in [0.1, 0.15) is 58.2 Å². The van der Waals surface area contributed by atoms with Gasteiger partial charge in [-0.05, 0) is 63.5 Å². The summed E-state index contributed by atoms with van der Waals surface area (Å²) in [4.78, 5) is 0. The van der Waals surface area contributed by atoms with Gasteiger partial charge < -0.3 is 5.32 Å². The Morgan fingerprint density at radius 1 is 1.05 bits per heavy atom. The quantitative estimate of drug-likeness (QED) is 0.806. The number of nitrogens with one attached hydrogen (secondary N) is 1. The lowest BCUT2D eigenvalue weighted by Crippen LogP contribution is -2.45. The highest BCUT2D eigenvalue weighted by Crippen LogP contribution is 2.32. The molecule has 0 radical (unpaired) electrons. The maximum Gasteiger partial charge on any atom is 0.00967 e. The lowest BCUT2D eigenvalue weighted by atomic mass is 9.73. The maximum atomic E-state index is 3.70. The Morgan fingerprint density at radius 3 is 2.15 bits per heavy atom. The average molecular weight is 275 g/mol. The molecular formula is C19H33N. The fraction of sp³-hybridized carbons (Fsp3) is 0.684. The third kappa shape index (κ3) is 4.94. The molecule has 1 N–H and O–H groups in total. The number of hydrogen-bond acceptors (Lipinski definition) is 1. The van der Waals surface area contributed by atoms with Crippen molar-refractivity contribution in [1.29, 1.82) is 0 Å². The van der Waals surface area contributed by atoms with Crippen molar-refractivity contribution in [2.24, 2.45) is 11.3 Å². The third-order valence-electron chi connectivity index (χ3n) is 4.52. The molecule has 20 heavy (non-hydrogen) atoms. The van der Waals surface area contributed by atoms with Gasteiger partial charge in [0.2, 0.25) is 0 Å². The van der Waals surface area contributed by atoms with Gasteiger partial charge in [-0.2, -0.15) is 0 Å². The Bertz CT molecular complexity index is 440. The van der Waals surface area contributed by atoms with Crippen molar-refractivity contribution < 1.29 is 0 Å². The minimum Gasteiger partial charge on any atom is -0.312 e. The van der Waals surface area contributed by atoms with E-state index in [1.54, 1.807) is 0 Å². The smallest absolute Gasteiger partial charge is 0.00967 e. The van der Waals surface area contributed by atoms with Gasteiger partial charge in [-0.1, -0.05) is 44.5 Å². The van der Waals surface area contributed by atoms with Crippen molar-refractivity contribution in [3.8, 4) is 0 Å². The second kappa shape index (κ2) is 6.30. The first-order chi connectivity index (χ1) is 9.03. The monoisotopic (exact) mass is 275 g/mol. The molecule has 0 amide bonds. The van der Waals surface area contributed by atoms with E-state index in [0.717, 1.165) is 13.0 Å². The van der Waals surface area contributed by atoms with Crippen LogP contribution in [0.2, 0.25) is 0 Å². The van der Waals surface area contributed by atoms with E-state index in [2.05, 4.69) is 78.9 Å². The molecule has 1 rings (SSSR count). The zero-order valence-electron chi connectivity index (χ0n) is 14.7. The van der Waals surface area contributed by atoms with Crippen molar-refractivity contribution in [3.63, 3.8) is 0 Å². The zero-order chi connectivity index (χ0) is 15.6. The van der Waals surface area contributed by atoms with Crippen LogP contribution in [0.25, 0.3) is 0 Å². The van der Waals surface area contributed by atoms with Crippen LogP contribution in [0, 0.1) is 25.2 Å². The first-order valence-corrected chi connectivity index (χ1v) is 7.85. The van der Waals surface area contributed by atoms with Crippen molar-refractivity contribution in [2.75, 3.05) is 6.54 Å². The number of benzene rings is 1. The highest BCUT2D eigenvalue weighted by Gasteiger charge is 2.30. The van der Waals surface area contributed by atoms with Crippen LogP contribution in [0.4, 0.5) is 0 Å². The summed E-state index contributed by atoms with van der Waals surface area (Å²) >= 11 is 0. The van der Waals surface area contributed by atoms with Gasteiger partial charge in [-0.3, -0.25) is 0 Å². The zero-order valence-corrected chi connectivity index (χ0v) is 14.7.